The summed E-state index contributed by atoms with van der Waals surface area (Å²) >= 11 is 0. The Morgan fingerprint density at radius 2 is 1.91 bits per heavy atom. The number of hydrogen-bond donors (Lipinski definition) is 1. The molecule has 2 rings (SSSR count). The number of carbonyl (C=O) groups is 1. The molecule has 1 fully saturated rings. The molecule has 1 aromatic carbocycles. The van der Waals surface area contributed by atoms with E-state index in [1.165, 1.54) is 4.90 Å². The fourth-order valence-electron chi connectivity index (χ4n) is 2.92. The van der Waals surface area contributed by atoms with Gasteiger partial charge in [-0.15, -0.1) is 0 Å². The molecule has 1 amide bonds. The van der Waals surface area contributed by atoms with E-state index in [1.54, 1.807) is 0 Å². The number of rotatable bonds is 4. The Labute approximate surface area is 128 Å². The van der Waals surface area contributed by atoms with Crippen LogP contribution in [0.2, 0.25) is 0 Å². The van der Waals surface area contributed by atoms with E-state index in [1.807, 2.05) is 32.0 Å². The molecule has 6 heteroatoms. The lowest BCUT2D eigenvalue weighted by atomic mass is 10.1. The molecule has 0 aliphatic carbocycles. The van der Waals surface area contributed by atoms with Crippen molar-refractivity contribution in [2.45, 2.75) is 26.4 Å². The highest BCUT2D eigenvalue weighted by Crippen LogP contribution is 2.22. The van der Waals surface area contributed by atoms with Gasteiger partial charge in [0.2, 0.25) is 0 Å². The molecule has 0 saturated carbocycles. The third kappa shape index (κ3) is 5.02. The van der Waals surface area contributed by atoms with Crippen molar-refractivity contribution in [2.24, 2.45) is 5.92 Å². The third-order valence-corrected chi connectivity index (χ3v) is 3.81. The maximum atomic E-state index is 12.3. The summed E-state index contributed by atoms with van der Waals surface area (Å²) < 4.78 is 37.0. The van der Waals surface area contributed by atoms with Crippen LogP contribution in [0.5, 0.6) is 0 Å². The van der Waals surface area contributed by atoms with Gasteiger partial charge in [-0.25, -0.2) is 0 Å². The van der Waals surface area contributed by atoms with Crippen LogP contribution in [0.15, 0.2) is 18.2 Å². The van der Waals surface area contributed by atoms with Crippen LogP contribution in [-0.2, 0) is 0 Å². The van der Waals surface area contributed by atoms with Crippen molar-refractivity contribution >= 4 is 5.91 Å². The largest absolute Gasteiger partial charge is 0.401 e. The fraction of sp³-hybridized carbons (Fsp3) is 0.562. The highest BCUT2D eigenvalue weighted by Gasteiger charge is 2.34. The van der Waals surface area contributed by atoms with Gasteiger partial charge in [-0.05, 0) is 44.9 Å². The maximum absolute atomic E-state index is 12.3. The number of aryl methyl sites for hydroxylation is 2. The van der Waals surface area contributed by atoms with Crippen molar-refractivity contribution < 1.29 is 18.0 Å². The molecule has 122 valence electrons. The summed E-state index contributed by atoms with van der Waals surface area (Å²) in [5.74, 6) is -0.0849. The molecule has 1 heterocycles. The Morgan fingerprint density at radius 3 is 2.50 bits per heavy atom. The number of nitrogens with zero attached hydrogens (tertiary/aromatic N) is 1. The predicted octanol–water partition coefficient (Wildman–Crippen LogP) is 2.92. The molecule has 0 bridgehead atoms. The van der Waals surface area contributed by atoms with Crippen molar-refractivity contribution in [1.82, 2.24) is 10.2 Å². The first-order valence-corrected chi connectivity index (χ1v) is 7.38. The Balaban J connectivity index is 1.82. The van der Waals surface area contributed by atoms with Crippen LogP contribution in [0.3, 0.4) is 0 Å². The normalized spacial score (nSPS) is 19.4. The first kappa shape index (κ1) is 16.8. The van der Waals surface area contributed by atoms with Crippen LogP contribution >= 0.6 is 0 Å². The fourth-order valence-corrected chi connectivity index (χ4v) is 2.92. The number of alkyl halides is 3. The van der Waals surface area contributed by atoms with Gasteiger partial charge in [0.25, 0.3) is 5.91 Å². The second-order valence-corrected chi connectivity index (χ2v) is 6.09. The van der Waals surface area contributed by atoms with Crippen LogP contribution in [0.25, 0.3) is 0 Å². The molecular formula is C16H21F3N2O. The molecule has 0 spiro atoms. The Morgan fingerprint density at radius 1 is 1.27 bits per heavy atom. The summed E-state index contributed by atoms with van der Waals surface area (Å²) in [4.78, 5) is 13.5. The highest BCUT2D eigenvalue weighted by atomic mass is 19.4. The molecule has 1 unspecified atom stereocenters. The summed E-state index contributed by atoms with van der Waals surface area (Å²) in [6.07, 6.45) is -3.47. The standard InChI is InChI=1S/C16H21F3N2O/c1-11-5-12(2)7-14(6-11)15(22)20-8-13-3-4-21(9-13)10-16(17,18)19/h5-7,13H,3-4,8-10H2,1-2H3,(H,20,22). The molecule has 1 aliphatic heterocycles. The van der Waals surface area contributed by atoms with Crippen LogP contribution in [0.1, 0.15) is 27.9 Å². The molecule has 1 aliphatic rings. The first-order chi connectivity index (χ1) is 10.2. The quantitative estimate of drug-likeness (QED) is 0.927. The van der Waals surface area contributed by atoms with E-state index in [0.717, 1.165) is 11.1 Å². The zero-order valence-electron chi connectivity index (χ0n) is 12.8. The van der Waals surface area contributed by atoms with E-state index >= 15 is 0 Å². The van der Waals surface area contributed by atoms with Gasteiger partial charge in [0.1, 0.15) is 0 Å². The average molecular weight is 314 g/mol. The first-order valence-electron chi connectivity index (χ1n) is 7.38. The van der Waals surface area contributed by atoms with Gasteiger partial charge in [0, 0.05) is 18.7 Å². The molecule has 0 radical (unpaired) electrons. The van der Waals surface area contributed by atoms with Gasteiger partial charge < -0.3 is 5.32 Å². The number of benzene rings is 1. The van der Waals surface area contributed by atoms with Crippen molar-refractivity contribution in [1.29, 1.82) is 0 Å². The molecular weight excluding hydrogens is 293 g/mol. The Hall–Kier alpha value is -1.56. The number of nitrogens with one attached hydrogen (secondary N) is 1. The van der Waals surface area contributed by atoms with Gasteiger partial charge in [0.05, 0.1) is 6.54 Å². The lowest BCUT2D eigenvalue weighted by Gasteiger charge is -2.18. The summed E-state index contributed by atoms with van der Waals surface area (Å²) in [7, 11) is 0. The SMILES string of the molecule is Cc1cc(C)cc(C(=O)NCC2CCN(CC(F)(F)F)C2)c1. The summed E-state index contributed by atoms with van der Waals surface area (Å²) in [5.41, 5.74) is 2.63. The second-order valence-electron chi connectivity index (χ2n) is 6.09. The van der Waals surface area contributed by atoms with Crippen molar-refractivity contribution in [2.75, 3.05) is 26.2 Å². The van der Waals surface area contributed by atoms with Gasteiger partial charge in [0.15, 0.2) is 0 Å². The van der Waals surface area contributed by atoms with Gasteiger partial charge in [-0.3, -0.25) is 9.69 Å². The van der Waals surface area contributed by atoms with Gasteiger partial charge in [-0.1, -0.05) is 17.2 Å². The number of amides is 1. The van der Waals surface area contributed by atoms with Gasteiger partial charge in [-0.2, -0.15) is 13.2 Å². The predicted molar refractivity (Wildman–Crippen MR) is 78.9 cm³/mol. The highest BCUT2D eigenvalue weighted by molar-refractivity contribution is 5.94. The van der Waals surface area contributed by atoms with Crippen LogP contribution in [-0.4, -0.2) is 43.2 Å². The molecule has 0 aromatic heterocycles. The number of likely N-dealkylation sites (tertiary alicyclic amines) is 1. The van der Waals surface area contributed by atoms with Crippen LogP contribution in [0, 0.1) is 19.8 Å². The van der Waals surface area contributed by atoms with Gasteiger partial charge >= 0.3 is 6.18 Å². The topological polar surface area (TPSA) is 32.3 Å². The van der Waals surface area contributed by atoms with Crippen LogP contribution < -0.4 is 5.32 Å². The lowest BCUT2D eigenvalue weighted by Crippen LogP contribution is -2.34. The zero-order chi connectivity index (χ0) is 16.3. The molecule has 22 heavy (non-hydrogen) atoms. The van der Waals surface area contributed by atoms with E-state index in [0.29, 0.717) is 31.6 Å². The minimum absolute atomic E-state index is 0.0807. The average Bonchev–Trinajstić information content (AvgIpc) is 2.80. The third-order valence-electron chi connectivity index (χ3n) is 3.81. The number of hydrogen-bond acceptors (Lipinski definition) is 2. The van der Waals surface area contributed by atoms with E-state index in [-0.39, 0.29) is 11.8 Å². The van der Waals surface area contributed by atoms with Crippen molar-refractivity contribution in [3.05, 3.63) is 34.9 Å². The van der Waals surface area contributed by atoms with Crippen molar-refractivity contribution in [3.8, 4) is 0 Å². The molecule has 1 atom stereocenters. The Bertz CT molecular complexity index is 522. The number of carbonyl (C=O) groups excluding carboxylic acids is 1. The molecule has 1 aromatic rings. The monoisotopic (exact) mass is 314 g/mol. The minimum atomic E-state index is -4.16. The maximum Gasteiger partial charge on any atom is 0.401 e. The zero-order valence-corrected chi connectivity index (χ0v) is 12.8. The summed E-state index contributed by atoms with van der Waals surface area (Å²) in [6.45, 7) is 4.22. The minimum Gasteiger partial charge on any atom is -0.352 e. The summed E-state index contributed by atoms with van der Waals surface area (Å²) in [5, 5.41) is 2.83. The van der Waals surface area contributed by atoms with Crippen molar-refractivity contribution in [3.63, 3.8) is 0 Å². The second kappa shape index (κ2) is 6.69. The lowest BCUT2D eigenvalue weighted by molar-refractivity contribution is -0.143. The van der Waals surface area contributed by atoms with Crippen LogP contribution in [0.4, 0.5) is 13.2 Å². The molecule has 1 N–H and O–H groups in total. The van der Waals surface area contributed by atoms with E-state index in [4.69, 9.17) is 0 Å². The number of halogens is 3. The molecule has 1 saturated heterocycles. The molecule has 3 nitrogen and oxygen atoms in total. The smallest absolute Gasteiger partial charge is 0.352 e. The Kier molecular flexibility index (Phi) is 5.11. The summed E-state index contributed by atoms with van der Waals surface area (Å²) in [6, 6.07) is 5.61. The van der Waals surface area contributed by atoms with E-state index < -0.39 is 12.7 Å². The van der Waals surface area contributed by atoms with E-state index in [9.17, 15) is 18.0 Å². The van der Waals surface area contributed by atoms with E-state index in [2.05, 4.69) is 5.32 Å².